The van der Waals surface area contributed by atoms with Crippen molar-refractivity contribution in [2.45, 2.75) is 77.6 Å². The Balaban J connectivity index is 0.00000484. The average Bonchev–Trinajstić information content (AvgIpc) is 2.50. The Morgan fingerprint density at radius 3 is 1.83 bits per heavy atom. The van der Waals surface area contributed by atoms with Crippen molar-refractivity contribution in [3.63, 3.8) is 0 Å². The van der Waals surface area contributed by atoms with E-state index in [9.17, 15) is 4.79 Å². The summed E-state index contributed by atoms with van der Waals surface area (Å²) in [6.45, 7) is 2.26. The minimum atomic E-state index is -1.26. The summed E-state index contributed by atoms with van der Waals surface area (Å²) in [4.78, 5) is 10.4. The van der Waals surface area contributed by atoms with Crippen molar-refractivity contribution in [2.75, 3.05) is 0 Å². The van der Waals surface area contributed by atoms with Gasteiger partial charge < -0.3 is 9.84 Å². The molecule has 1 aromatic rings. The zero-order chi connectivity index (χ0) is 16.0. The Labute approximate surface area is 170 Å². The number of carbonyl (C=O) groups is 1. The van der Waals surface area contributed by atoms with Crippen molar-refractivity contribution in [2.24, 2.45) is 0 Å². The maximum absolute atomic E-state index is 10.4. The SMILES string of the molecule is CCCCCCCCCCCCc1ccc(OC(=O)O)cc1.[CaH2]. The Hall–Kier alpha value is -0.250. The summed E-state index contributed by atoms with van der Waals surface area (Å²) in [5.74, 6) is 0.388. The van der Waals surface area contributed by atoms with Crippen LogP contribution in [0.5, 0.6) is 5.75 Å². The first kappa shape index (κ1) is 22.7. The molecule has 0 heterocycles. The van der Waals surface area contributed by atoms with E-state index in [2.05, 4.69) is 11.7 Å². The van der Waals surface area contributed by atoms with Gasteiger partial charge in [-0.2, -0.15) is 0 Å². The zero-order valence-corrected chi connectivity index (χ0v) is 13.9. The van der Waals surface area contributed by atoms with Gasteiger partial charge in [0.05, 0.1) is 0 Å². The van der Waals surface area contributed by atoms with Crippen molar-refractivity contribution >= 4 is 43.9 Å². The molecule has 0 radical (unpaired) electrons. The van der Waals surface area contributed by atoms with E-state index in [-0.39, 0.29) is 37.7 Å². The fourth-order valence-electron chi connectivity index (χ4n) is 2.64. The van der Waals surface area contributed by atoms with Crippen molar-refractivity contribution in [3.8, 4) is 5.75 Å². The third-order valence-electron chi connectivity index (χ3n) is 3.95. The molecular weight excluding hydrogens is 316 g/mol. The van der Waals surface area contributed by atoms with E-state index in [1.807, 2.05) is 12.1 Å². The summed E-state index contributed by atoms with van der Waals surface area (Å²) in [7, 11) is 0. The van der Waals surface area contributed by atoms with Crippen LogP contribution in [0.3, 0.4) is 0 Å². The second-order valence-electron chi connectivity index (χ2n) is 5.94. The standard InChI is InChI=1S/C19H30O3.Ca.2H/c1-2-3-4-5-6-7-8-9-10-11-12-17-13-15-18(16-14-17)22-19(20)21;;;/h13-16H,2-12H2,1H3,(H,20,21);;;. The molecule has 0 atom stereocenters. The molecule has 23 heavy (non-hydrogen) atoms. The van der Waals surface area contributed by atoms with E-state index in [1.54, 1.807) is 12.1 Å². The van der Waals surface area contributed by atoms with Crippen LogP contribution in [-0.4, -0.2) is 49.0 Å². The Morgan fingerprint density at radius 1 is 0.870 bits per heavy atom. The number of benzene rings is 1. The number of rotatable bonds is 12. The van der Waals surface area contributed by atoms with Gasteiger partial charge in [-0.3, -0.25) is 0 Å². The molecule has 0 fully saturated rings. The van der Waals surface area contributed by atoms with Crippen LogP contribution in [0.4, 0.5) is 4.79 Å². The molecule has 0 unspecified atom stereocenters. The van der Waals surface area contributed by atoms with Crippen LogP contribution in [-0.2, 0) is 6.42 Å². The van der Waals surface area contributed by atoms with E-state index < -0.39 is 6.16 Å². The van der Waals surface area contributed by atoms with E-state index in [4.69, 9.17) is 5.11 Å². The second kappa shape index (κ2) is 15.3. The normalized spacial score (nSPS) is 10.1. The minimum absolute atomic E-state index is 0. The topological polar surface area (TPSA) is 46.5 Å². The monoisotopic (exact) mass is 348 g/mol. The van der Waals surface area contributed by atoms with Crippen molar-refractivity contribution in [1.29, 1.82) is 0 Å². The van der Waals surface area contributed by atoms with Gasteiger partial charge in [0.2, 0.25) is 0 Å². The molecule has 0 spiro atoms. The van der Waals surface area contributed by atoms with Crippen LogP contribution in [0.25, 0.3) is 0 Å². The first-order valence-corrected chi connectivity index (χ1v) is 8.72. The Morgan fingerprint density at radius 2 is 1.35 bits per heavy atom. The van der Waals surface area contributed by atoms with E-state index in [0.29, 0.717) is 5.75 Å². The number of unbranched alkanes of at least 4 members (excludes halogenated alkanes) is 9. The van der Waals surface area contributed by atoms with Crippen LogP contribution in [0.15, 0.2) is 24.3 Å². The van der Waals surface area contributed by atoms with Gasteiger partial charge in [0, 0.05) is 0 Å². The molecule has 0 saturated heterocycles. The first-order valence-electron chi connectivity index (χ1n) is 8.72. The molecule has 1 aromatic carbocycles. The van der Waals surface area contributed by atoms with Crippen molar-refractivity contribution in [1.82, 2.24) is 0 Å². The van der Waals surface area contributed by atoms with Gasteiger partial charge in [-0.25, -0.2) is 4.79 Å². The molecule has 0 amide bonds. The fourth-order valence-corrected chi connectivity index (χ4v) is 2.64. The predicted octanol–water partition coefficient (Wildman–Crippen LogP) is 5.29. The average molecular weight is 349 g/mol. The van der Waals surface area contributed by atoms with E-state index in [1.165, 1.54) is 69.8 Å². The quantitative estimate of drug-likeness (QED) is 0.242. The van der Waals surface area contributed by atoms with Gasteiger partial charge in [0.1, 0.15) is 5.75 Å². The Bertz CT molecular complexity index is 404. The van der Waals surface area contributed by atoms with Crippen LogP contribution in [0.2, 0.25) is 0 Å². The Kier molecular flexibility index (Phi) is 15.1. The first-order chi connectivity index (χ1) is 10.7. The summed E-state index contributed by atoms with van der Waals surface area (Å²) in [5, 5.41) is 8.52. The molecule has 128 valence electrons. The molecule has 0 bridgehead atoms. The van der Waals surface area contributed by atoms with Gasteiger partial charge in [0.25, 0.3) is 0 Å². The maximum atomic E-state index is 10.4. The van der Waals surface area contributed by atoms with E-state index in [0.717, 1.165) is 6.42 Å². The molecule has 4 heteroatoms. The van der Waals surface area contributed by atoms with Gasteiger partial charge in [-0.15, -0.1) is 0 Å². The molecule has 1 N–H and O–H groups in total. The summed E-state index contributed by atoms with van der Waals surface area (Å²) in [6.07, 6.45) is 13.3. The number of hydrogen-bond acceptors (Lipinski definition) is 2. The van der Waals surface area contributed by atoms with Gasteiger partial charge in [-0.1, -0.05) is 76.8 Å². The summed E-state index contributed by atoms with van der Waals surface area (Å²) in [5.41, 5.74) is 1.25. The van der Waals surface area contributed by atoms with E-state index >= 15 is 0 Å². The third kappa shape index (κ3) is 12.8. The molecular formula is C19H32CaO3. The molecule has 0 aromatic heterocycles. The fraction of sp³-hybridized carbons (Fsp3) is 0.632. The molecule has 0 saturated carbocycles. The predicted molar refractivity (Wildman–Crippen MR) is 99.2 cm³/mol. The van der Waals surface area contributed by atoms with Crippen LogP contribution >= 0.6 is 0 Å². The molecule has 1 rings (SSSR count). The molecule has 0 aliphatic carbocycles. The summed E-state index contributed by atoms with van der Waals surface area (Å²) in [6, 6.07) is 7.34. The number of hydrogen-bond donors (Lipinski definition) is 1. The van der Waals surface area contributed by atoms with Crippen molar-refractivity contribution in [3.05, 3.63) is 29.8 Å². The van der Waals surface area contributed by atoms with Gasteiger partial charge >= 0.3 is 43.9 Å². The van der Waals surface area contributed by atoms with Gasteiger partial charge in [-0.05, 0) is 30.5 Å². The van der Waals surface area contributed by atoms with Crippen LogP contribution in [0, 0.1) is 0 Å². The molecule has 0 aliphatic heterocycles. The van der Waals surface area contributed by atoms with Crippen LogP contribution < -0.4 is 4.74 Å². The summed E-state index contributed by atoms with van der Waals surface area (Å²) >= 11 is 0. The number of carboxylic acid groups (broad SMARTS) is 1. The summed E-state index contributed by atoms with van der Waals surface area (Å²) < 4.78 is 4.59. The van der Waals surface area contributed by atoms with Crippen LogP contribution in [0.1, 0.15) is 76.7 Å². The number of ether oxygens (including phenoxy) is 1. The third-order valence-corrected chi connectivity index (χ3v) is 3.95. The molecule has 3 nitrogen and oxygen atoms in total. The van der Waals surface area contributed by atoms with Crippen molar-refractivity contribution < 1.29 is 14.6 Å². The second-order valence-corrected chi connectivity index (χ2v) is 5.94. The van der Waals surface area contributed by atoms with Gasteiger partial charge in [0.15, 0.2) is 0 Å². The zero-order valence-electron chi connectivity index (χ0n) is 13.9. The number of aryl methyl sites for hydroxylation is 1. The molecule has 0 aliphatic rings.